The molecule has 0 aliphatic rings. The predicted octanol–water partition coefficient (Wildman–Crippen LogP) is 4.18. The van der Waals surface area contributed by atoms with E-state index in [1.54, 1.807) is 18.2 Å². The van der Waals surface area contributed by atoms with Gasteiger partial charge in [-0.25, -0.2) is 8.78 Å². The highest BCUT2D eigenvalue weighted by molar-refractivity contribution is 6.31. The third-order valence-corrected chi connectivity index (χ3v) is 3.19. The zero-order chi connectivity index (χ0) is 15.4. The summed E-state index contributed by atoms with van der Waals surface area (Å²) in [5.41, 5.74) is 0.162. The monoisotopic (exact) mass is 312 g/mol. The molecule has 7 heteroatoms. The van der Waals surface area contributed by atoms with Crippen LogP contribution in [0.25, 0.3) is 0 Å². The number of nitrogens with one attached hydrogen (secondary N) is 1. The van der Waals surface area contributed by atoms with Crippen molar-refractivity contribution in [3.8, 4) is 0 Å². The molecule has 0 heterocycles. The van der Waals surface area contributed by atoms with Gasteiger partial charge in [0, 0.05) is 18.7 Å². The lowest BCUT2D eigenvalue weighted by Gasteiger charge is -2.08. The third kappa shape index (κ3) is 3.66. The fraction of sp³-hybridized carbons (Fsp3) is 0.143. The van der Waals surface area contributed by atoms with E-state index in [9.17, 15) is 18.9 Å². The van der Waals surface area contributed by atoms with Crippen LogP contribution >= 0.6 is 11.6 Å². The van der Waals surface area contributed by atoms with E-state index in [0.717, 1.165) is 12.1 Å². The molecule has 0 aliphatic carbocycles. The van der Waals surface area contributed by atoms with Gasteiger partial charge in [0.15, 0.2) is 0 Å². The van der Waals surface area contributed by atoms with E-state index in [1.807, 2.05) is 0 Å². The summed E-state index contributed by atoms with van der Waals surface area (Å²) in [4.78, 5) is 10.2. The lowest BCUT2D eigenvalue weighted by atomic mass is 10.1. The van der Waals surface area contributed by atoms with Crippen molar-refractivity contribution in [1.29, 1.82) is 0 Å². The van der Waals surface area contributed by atoms with Crippen LogP contribution in [0.1, 0.15) is 5.56 Å². The number of hydrogen-bond donors (Lipinski definition) is 1. The highest BCUT2D eigenvalue weighted by Crippen LogP contribution is 2.30. The average Bonchev–Trinajstić information content (AvgIpc) is 2.44. The second-order valence-corrected chi connectivity index (χ2v) is 4.72. The molecule has 0 spiro atoms. The van der Waals surface area contributed by atoms with Crippen LogP contribution in [-0.2, 0) is 6.42 Å². The van der Waals surface area contributed by atoms with Gasteiger partial charge in [-0.3, -0.25) is 10.1 Å². The number of anilines is 1. The molecule has 0 aromatic heterocycles. The van der Waals surface area contributed by atoms with Crippen LogP contribution < -0.4 is 5.32 Å². The predicted molar refractivity (Wildman–Crippen MR) is 76.7 cm³/mol. The fourth-order valence-corrected chi connectivity index (χ4v) is 2.02. The van der Waals surface area contributed by atoms with Crippen molar-refractivity contribution in [3.63, 3.8) is 0 Å². The Morgan fingerprint density at radius 3 is 2.57 bits per heavy atom. The smallest absolute Gasteiger partial charge is 0.294 e. The number of hydrogen-bond acceptors (Lipinski definition) is 3. The number of nitro groups is 1. The molecule has 2 aromatic rings. The lowest BCUT2D eigenvalue weighted by molar-refractivity contribution is -0.384. The Hall–Kier alpha value is -2.21. The largest absolute Gasteiger partial charge is 0.379 e. The zero-order valence-electron chi connectivity index (χ0n) is 10.8. The minimum absolute atomic E-state index is 0.0123. The number of benzene rings is 2. The van der Waals surface area contributed by atoms with Crippen LogP contribution in [-0.4, -0.2) is 11.5 Å². The maximum atomic E-state index is 13.4. The molecule has 1 N–H and O–H groups in total. The van der Waals surface area contributed by atoms with Crippen LogP contribution in [0.15, 0.2) is 36.4 Å². The highest BCUT2D eigenvalue weighted by Gasteiger charge is 2.17. The Morgan fingerprint density at radius 2 is 1.90 bits per heavy atom. The minimum atomic E-state index is -0.754. The van der Waals surface area contributed by atoms with E-state index in [0.29, 0.717) is 12.0 Å². The second-order valence-electron chi connectivity index (χ2n) is 4.31. The summed E-state index contributed by atoms with van der Waals surface area (Å²) in [5, 5.41) is 13.3. The summed E-state index contributed by atoms with van der Waals surface area (Å²) in [6.45, 7) is 0.225. The van der Waals surface area contributed by atoms with E-state index in [-0.39, 0.29) is 28.8 Å². The van der Waals surface area contributed by atoms with E-state index < -0.39 is 10.7 Å². The van der Waals surface area contributed by atoms with E-state index in [2.05, 4.69) is 5.32 Å². The van der Waals surface area contributed by atoms with Crippen LogP contribution in [0, 0.1) is 21.7 Å². The van der Waals surface area contributed by atoms with Crippen molar-refractivity contribution >= 4 is 23.0 Å². The number of nitro benzene ring substituents is 1. The maximum absolute atomic E-state index is 13.4. The number of nitrogens with zero attached hydrogens (tertiary/aromatic N) is 1. The first-order valence-electron chi connectivity index (χ1n) is 6.09. The Balaban J connectivity index is 2.11. The molecule has 110 valence electrons. The maximum Gasteiger partial charge on any atom is 0.294 e. The van der Waals surface area contributed by atoms with Gasteiger partial charge in [0.25, 0.3) is 5.69 Å². The molecule has 0 bridgehead atoms. The van der Waals surface area contributed by atoms with E-state index in [1.165, 1.54) is 6.07 Å². The van der Waals surface area contributed by atoms with Gasteiger partial charge in [0.2, 0.25) is 0 Å². The van der Waals surface area contributed by atoms with Gasteiger partial charge in [-0.05, 0) is 18.1 Å². The van der Waals surface area contributed by atoms with Gasteiger partial charge in [0.1, 0.15) is 17.3 Å². The molecular weight excluding hydrogens is 302 g/mol. The Morgan fingerprint density at radius 1 is 1.19 bits per heavy atom. The molecule has 0 fully saturated rings. The first kappa shape index (κ1) is 15.2. The van der Waals surface area contributed by atoms with Gasteiger partial charge >= 0.3 is 0 Å². The first-order valence-corrected chi connectivity index (χ1v) is 6.47. The van der Waals surface area contributed by atoms with Crippen molar-refractivity contribution < 1.29 is 13.7 Å². The molecule has 0 aliphatic heterocycles. The second kappa shape index (κ2) is 6.49. The van der Waals surface area contributed by atoms with E-state index in [4.69, 9.17) is 11.6 Å². The molecule has 0 radical (unpaired) electrons. The zero-order valence-corrected chi connectivity index (χ0v) is 11.5. The van der Waals surface area contributed by atoms with Gasteiger partial charge < -0.3 is 5.32 Å². The SMILES string of the molecule is O=[N+]([O-])c1cc(Cl)c(F)cc1NCCc1ccccc1F. The topological polar surface area (TPSA) is 55.2 Å². The summed E-state index contributed by atoms with van der Waals surface area (Å²) in [6.07, 6.45) is 0.314. The molecule has 0 saturated heterocycles. The molecule has 0 amide bonds. The van der Waals surface area contributed by atoms with Crippen molar-refractivity contribution in [2.45, 2.75) is 6.42 Å². The molecule has 0 atom stereocenters. The Kier molecular flexibility index (Phi) is 4.70. The highest BCUT2D eigenvalue weighted by atomic mass is 35.5. The molecule has 2 rings (SSSR count). The van der Waals surface area contributed by atoms with E-state index >= 15 is 0 Å². The first-order chi connectivity index (χ1) is 9.99. The quantitative estimate of drug-likeness (QED) is 0.665. The molecule has 0 saturated carbocycles. The third-order valence-electron chi connectivity index (χ3n) is 2.90. The van der Waals surface area contributed by atoms with Crippen molar-refractivity contribution in [3.05, 3.63) is 68.7 Å². The molecular formula is C14H11ClF2N2O2. The number of halogens is 3. The van der Waals surface area contributed by atoms with Crippen molar-refractivity contribution in [1.82, 2.24) is 0 Å². The van der Waals surface area contributed by atoms with Gasteiger partial charge in [-0.2, -0.15) is 0 Å². The van der Waals surface area contributed by atoms with Gasteiger partial charge in [0.05, 0.1) is 9.95 Å². The van der Waals surface area contributed by atoms with Crippen molar-refractivity contribution in [2.24, 2.45) is 0 Å². The number of rotatable bonds is 5. The summed E-state index contributed by atoms with van der Waals surface area (Å²) in [6, 6.07) is 8.13. The summed E-state index contributed by atoms with van der Waals surface area (Å²) < 4.78 is 26.8. The van der Waals surface area contributed by atoms with Crippen LogP contribution in [0.3, 0.4) is 0 Å². The van der Waals surface area contributed by atoms with Crippen LogP contribution in [0.5, 0.6) is 0 Å². The summed E-state index contributed by atoms with van der Waals surface area (Å²) in [5.74, 6) is -1.10. The van der Waals surface area contributed by atoms with Gasteiger partial charge in [-0.15, -0.1) is 0 Å². The van der Waals surface area contributed by atoms with Crippen LogP contribution in [0.2, 0.25) is 5.02 Å². The Labute approximate surface area is 124 Å². The van der Waals surface area contributed by atoms with Crippen LogP contribution in [0.4, 0.5) is 20.2 Å². The summed E-state index contributed by atoms with van der Waals surface area (Å²) in [7, 11) is 0. The van der Waals surface area contributed by atoms with Crippen molar-refractivity contribution in [2.75, 3.05) is 11.9 Å². The lowest BCUT2D eigenvalue weighted by Crippen LogP contribution is -2.08. The standard InChI is InChI=1S/C14H11ClF2N2O2/c15-10-7-14(19(20)21)13(8-12(10)17)18-6-5-9-3-1-2-4-11(9)16/h1-4,7-8,18H,5-6H2. The molecule has 0 unspecified atom stereocenters. The molecule has 4 nitrogen and oxygen atoms in total. The van der Waals surface area contributed by atoms with Gasteiger partial charge in [-0.1, -0.05) is 29.8 Å². The average molecular weight is 313 g/mol. The molecule has 21 heavy (non-hydrogen) atoms. The molecule has 2 aromatic carbocycles. The Bertz CT molecular complexity index is 680. The summed E-state index contributed by atoms with van der Waals surface area (Å²) >= 11 is 5.52. The normalized spacial score (nSPS) is 10.4. The minimum Gasteiger partial charge on any atom is -0.379 e. The fourth-order valence-electron chi connectivity index (χ4n) is 1.86.